The maximum atomic E-state index is 10.3. The molecule has 0 bridgehead atoms. The maximum Gasteiger partial charge on any atom is 0.125 e. The van der Waals surface area contributed by atoms with Crippen molar-refractivity contribution >= 4 is 5.82 Å². The second-order valence-electron chi connectivity index (χ2n) is 4.44. The van der Waals surface area contributed by atoms with Crippen LogP contribution < -0.4 is 5.32 Å². The molecule has 1 saturated heterocycles. The Kier molecular flexibility index (Phi) is 3.12. The number of aliphatic hydroxyl groups is 1. The second kappa shape index (κ2) is 4.39. The fourth-order valence-corrected chi connectivity index (χ4v) is 1.82. The summed E-state index contributed by atoms with van der Waals surface area (Å²) in [6.07, 6.45) is 2.36. The lowest BCUT2D eigenvalue weighted by atomic mass is 9.97. The van der Waals surface area contributed by atoms with Crippen LogP contribution in [0.4, 0.5) is 5.82 Å². The van der Waals surface area contributed by atoms with Gasteiger partial charge < -0.3 is 15.2 Å². The molecule has 2 N–H and O–H groups in total. The first-order valence-electron chi connectivity index (χ1n) is 5.61. The van der Waals surface area contributed by atoms with E-state index in [2.05, 4.69) is 10.3 Å². The molecule has 2 unspecified atom stereocenters. The van der Waals surface area contributed by atoms with Crippen LogP contribution in [0.5, 0.6) is 0 Å². The fourth-order valence-electron chi connectivity index (χ4n) is 1.82. The molecule has 0 radical (unpaired) electrons. The lowest BCUT2D eigenvalue weighted by Crippen LogP contribution is -2.43. The van der Waals surface area contributed by atoms with Gasteiger partial charge in [-0.3, -0.25) is 0 Å². The summed E-state index contributed by atoms with van der Waals surface area (Å²) in [6, 6.07) is 3.91. The number of aryl methyl sites for hydroxylation is 1. The Hall–Kier alpha value is -1.13. The molecular weight excluding hydrogens is 204 g/mol. The molecule has 2 atom stereocenters. The molecule has 1 aliphatic heterocycles. The summed E-state index contributed by atoms with van der Waals surface area (Å²) >= 11 is 0. The lowest BCUT2D eigenvalue weighted by molar-refractivity contribution is -0.0176. The van der Waals surface area contributed by atoms with Crippen molar-refractivity contribution in [2.45, 2.75) is 32.0 Å². The molecule has 1 fully saturated rings. The third kappa shape index (κ3) is 2.33. The Balaban J connectivity index is 1.94. The molecule has 4 heteroatoms. The van der Waals surface area contributed by atoms with Crippen LogP contribution in [0.15, 0.2) is 18.3 Å². The van der Waals surface area contributed by atoms with Gasteiger partial charge in [-0.1, -0.05) is 6.07 Å². The number of nitrogens with one attached hydrogen (secondary N) is 1. The van der Waals surface area contributed by atoms with E-state index in [-0.39, 0.29) is 6.10 Å². The van der Waals surface area contributed by atoms with Crippen molar-refractivity contribution in [3.63, 3.8) is 0 Å². The summed E-state index contributed by atoms with van der Waals surface area (Å²) in [7, 11) is 0. The highest BCUT2D eigenvalue weighted by Gasteiger charge is 2.39. The highest BCUT2D eigenvalue weighted by atomic mass is 16.5. The number of ether oxygens (including phenoxy) is 1. The third-order valence-electron chi connectivity index (χ3n) is 3.15. The molecule has 2 heterocycles. The van der Waals surface area contributed by atoms with Gasteiger partial charge in [0.15, 0.2) is 0 Å². The normalized spacial score (nSPS) is 29.3. The van der Waals surface area contributed by atoms with Gasteiger partial charge in [0.05, 0.1) is 6.10 Å². The summed E-state index contributed by atoms with van der Waals surface area (Å²) in [5, 5.41) is 13.4. The van der Waals surface area contributed by atoms with Gasteiger partial charge in [0.25, 0.3) is 0 Å². The maximum absolute atomic E-state index is 10.3. The number of hydrogen-bond acceptors (Lipinski definition) is 4. The molecule has 88 valence electrons. The Morgan fingerprint density at radius 1 is 1.62 bits per heavy atom. The van der Waals surface area contributed by atoms with Crippen LogP contribution in [0.3, 0.4) is 0 Å². The summed E-state index contributed by atoms with van der Waals surface area (Å²) in [6.45, 7) is 5.00. The number of nitrogens with zero attached hydrogens (tertiary/aromatic N) is 1. The molecule has 0 saturated carbocycles. The van der Waals surface area contributed by atoms with Crippen LogP contribution >= 0.6 is 0 Å². The van der Waals surface area contributed by atoms with E-state index in [9.17, 15) is 5.11 Å². The van der Waals surface area contributed by atoms with E-state index < -0.39 is 5.60 Å². The molecule has 0 aliphatic carbocycles. The Morgan fingerprint density at radius 3 is 3.00 bits per heavy atom. The first kappa shape index (κ1) is 11.4. The van der Waals surface area contributed by atoms with Crippen LogP contribution in [0, 0.1) is 6.92 Å². The first-order chi connectivity index (χ1) is 7.60. The monoisotopic (exact) mass is 222 g/mol. The largest absolute Gasteiger partial charge is 0.385 e. The van der Waals surface area contributed by atoms with E-state index in [4.69, 9.17) is 4.74 Å². The van der Waals surface area contributed by atoms with E-state index in [0.29, 0.717) is 19.6 Å². The predicted molar refractivity (Wildman–Crippen MR) is 62.4 cm³/mol. The molecule has 0 aromatic carbocycles. The number of aromatic nitrogens is 1. The molecule has 0 amide bonds. The van der Waals surface area contributed by atoms with Crippen molar-refractivity contribution < 1.29 is 9.84 Å². The summed E-state index contributed by atoms with van der Waals surface area (Å²) in [5.74, 6) is 0.790. The minimum Gasteiger partial charge on any atom is -0.385 e. The molecule has 1 aliphatic rings. The van der Waals surface area contributed by atoms with E-state index in [1.165, 1.54) is 0 Å². The van der Waals surface area contributed by atoms with Gasteiger partial charge in [0, 0.05) is 25.8 Å². The Labute approximate surface area is 95.7 Å². The standard InChI is InChI=1S/C12H18N2O2/c1-9-3-4-11(13-7-9)14-8-12(15)5-6-16-10(12)2/h3-4,7,10,15H,5-6,8H2,1-2H3,(H,13,14). The van der Waals surface area contributed by atoms with E-state index in [0.717, 1.165) is 11.4 Å². The smallest absolute Gasteiger partial charge is 0.125 e. The van der Waals surface area contributed by atoms with E-state index in [1.807, 2.05) is 26.0 Å². The first-order valence-corrected chi connectivity index (χ1v) is 5.61. The van der Waals surface area contributed by atoms with Gasteiger partial charge in [-0.25, -0.2) is 4.98 Å². The van der Waals surface area contributed by atoms with Crippen molar-refractivity contribution in [2.75, 3.05) is 18.5 Å². The zero-order chi connectivity index (χ0) is 11.6. The van der Waals surface area contributed by atoms with Gasteiger partial charge in [0.2, 0.25) is 0 Å². The topological polar surface area (TPSA) is 54.4 Å². The Morgan fingerprint density at radius 2 is 2.44 bits per heavy atom. The van der Waals surface area contributed by atoms with E-state index >= 15 is 0 Å². The van der Waals surface area contributed by atoms with Crippen molar-refractivity contribution in [3.05, 3.63) is 23.9 Å². The quantitative estimate of drug-likeness (QED) is 0.810. The molecule has 1 aromatic heterocycles. The van der Waals surface area contributed by atoms with Gasteiger partial charge >= 0.3 is 0 Å². The van der Waals surface area contributed by atoms with Crippen LogP contribution in [0.25, 0.3) is 0 Å². The number of anilines is 1. The fraction of sp³-hybridized carbons (Fsp3) is 0.583. The molecule has 4 nitrogen and oxygen atoms in total. The SMILES string of the molecule is Cc1ccc(NCC2(O)CCOC2C)nc1. The van der Waals surface area contributed by atoms with Gasteiger partial charge in [-0.15, -0.1) is 0 Å². The van der Waals surface area contributed by atoms with E-state index in [1.54, 1.807) is 6.20 Å². The highest BCUT2D eigenvalue weighted by Crippen LogP contribution is 2.25. The van der Waals surface area contributed by atoms with Crippen molar-refractivity contribution in [1.29, 1.82) is 0 Å². The molecule has 2 rings (SSSR count). The predicted octanol–water partition coefficient (Wildman–Crippen LogP) is 1.34. The summed E-state index contributed by atoms with van der Waals surface area (Å²) in [4.78, 5) is 4.23. The molecule has 1 aromatic rings. The summed E-state index contributed by atoms with van der Waals surface area (Å²) < 4.78 is 5.37. The second-order valence-corrected chi connectivity index (χ2v) is 4.44. The number of rotatable bonds is 3. The Bertz CT molecular complexity index is 353. The minimum absolute atomic E-state index is 0.120. The van der Waals surface area contributed by atoms with Gasteiger partial charge in [0.1, 0.15) is 11.4 Å². The van der Waals surface area contributed by atoms with Crippen LogP contribution in [0.1, 0.15) is 18.9 Å². The van der Waals surface area contributed by atoms with Crippen LogP contribution in [-0.2, 0) is 4.74 Å². The average Bonchev–Trinajstić information content (AvgIpc) is 2.59. The van der Waals surface area contributed by atoms with Gasteiger partial charge in [-0.2, -0.15) is 0 Å². The van der Waals surface area contributed by atoms with Crippen molar-refractivity contribution in [3.8, 4) is 0 Å². The minimum atomic E-state index is -0.771. The van der Waals surface area contributed by atoms with Crippen LogP contribution in [0.2, 0.25) is 0 Å². The number of pyridine rings is 1. The average molecular weight is 222 g/mol. The van der Waals surface area contributed by atoms with Crippen molar-refractivity contribution in [2.24, 2.45) is 0 Å². The highest BCUT2D eigenvalue weighted by molar-refractivity contribution is 5.35. The molecular formula is C12H18N2O2. The molecule has 0 spiro atoms. The summed E-state index contributed by atoms with van der Waals surface area (Å²) in [5.41, 5.74) is 0.355. The van der Waals surface area contributed by atoms with Crippen LogP contribution in [-0.4, -0.2) is 34.9 Å². The third-order valence-corrected chi connectivity index (χ3v) is 3.15. The zero-order valence-electron chi connectivity index (χ0n) is 9.73. The zero-order valence-corrected chi connectivity index (χ0v) is 9.73. The van der Waals surface area contributed by atoms with Gasteiger partial charge in [-0.05, 0) is 25.5 Å². The number of hydrogen-bond donors (Lipinski definition) is 2. The molecule has 16 heavy (non-hydrogen) atoms. The lowest BCUT2D eigenvalue weighted by Gasteiger charge is -2.26. The van der Waals surface area contributed by atoms with Crippen molar-refractivity contribution in [1.82, 2.24) is 4.98 Å².